The lowest BCUT2D eigenvalue weighted by Crippen LogP contribution is -2.20. The summed E-state index contributed by atoms with van der Waals surface area (Å²) in [5, 5.41) is 12.5. The van der Waals surface area contributed by atoms with Gasteiger partial charge < -0.3 is 15.2 Å². The molecule has 4 aromatic rings. The van der Waals surface area contributed by atoms with Crippen molar-refractivity contribution < 1.29 is 24.2 Å². The van der Waals surface area contributed by atoms with E-state index in [9.17, 15) is 14.4 Å². The van der Waals surface area contributed by atoms with Crippen molar-refractivity contribution in [3.8, 4) is 11.3 Å². The highest BCUT2D eigenvalue weighted by Gasteiger charge is 2.30. The van der Waals surface area contributed by atoms with Crippen LogP contribution in [0.2, 0.25) is 0 Å². The van der Waals surface area contributed by atoms with Crippen LogP contribution in [-0.4, -0.2) is 40.4 Å². The van der Waals surface area contributed by atoms with Crippen molar-refractivity contribution in [3.05, 3.63) is 82.9 Å². The maximum Gasteiger partial charge on any atom is 0.339 e. The molecule has 0 atom stereocenters. The maximum absolute atomic E-state index is 13.4. The Balaban J connectivity index is 1.54. The molecule has 0 saturated carbocycles. The zero-order chi connectivity index (χ0) is 22.2. The normalized spacial score (nSPS) is 11.8. The number of hydrogen-bond donors (Lipinski definition) is 2. The van der Waals surface area contributed by atoms with Crippen molar-refractivity contribution in [3.63, 3.8) is 0 Å². The second-order valence-corrected chi connectivity index (χ2v) is 7.93. The second-order valence-electron chi connectivity index (χ2n) is 7.13. The molecular weight excluding hydrogens is 428 g/mol. The molecule has 32 heavy (non-hydrogen) atoms. The smallest absolute Gasteiger partial charge is 0.339 e. The first-order valence-corrected chi connectivity index (χ1v) is 10.6. The fraction of sp³-hybridized carbons (Fsp3) is 0.0833. The summed E-state index contributed by atoms with van der Waals surface area (Å²) in [6, 6.07) is 16.9. The average Bonchev–Trinajstić information content (AvgIpc) is 3.26. The van der Waals surface area contributed by atoms with E-state index in [-0.39, 0.29) is 30.1 Å². The third-order valence-electron chi connectivity index (χ3n) is 5.25. The number of aliphatic hydroxyl groups is 1. The summed E-state index contributed by atoms with van der Waals surface area (Å²) in [7, 11) is 0. The highest BCUT2D eigenvalue weighted by molar-refractivity contribution is 7.13. The molecule has 0 radical (unpaired) electrons. The van der Waals surface area contributed by atoms with Gasteiger partial charge in [-0.1, -0.05) is 36.4 Å². The van der Waals surface area contributed by atoms with Gasteiger partial charge in [0.2, 0.25) is 0 Å². The number of aliphatic hydroxyl groups excluding tert-OH is 1. The number of carbonyl (C=O) groups is 3. The highest BCUT2D eigenvalue weighted by Crippen LogP contribution is 2.42. The van der Waals surface area contributed by atoms with E-state index in [0.717, 1.165) is 15.8 Å². The number of esters is 1. The lowest BCUT2D eigenvalue weighted by Gasteiger charge is -2.19. The first-order valence-electron chi connectivity index (χ1n) is 9.85. The van der Waals surface area contributed by atoms with Crippen LogP contribution in [0.15, 0.2) is 60.7 Å². The third kappa shape index (κ3) is 3.17. The number of anilines is 1. The summed E-state index contributed by atoms with van der Waals surface area (Å²) in [6.07, 6.45) is 0. The Morgan fingerprint density at radius 2 is 1.72 bits per heavy atom. The Labute approximate surface area is 186 Å². The lowest BCUT2D eigenvalue weighted by molar-refractivity contribution is 0.0431. The number of carbonyl (C=O) groups excluding carboxylic acids is 3. The van der Waals surface area contributed by atoms with Gasteiger partial charge in [0.1, 0.15) is 6.61 Å². The number of amides is 1. The van der Waals surface area contributed by atoms with Crippen LogP contribution in [0.3, 0.4) is 0 Å². The number of ether oxygens (including phenoxy) is 1. The van der Waals surface area contributed by atoms with Crippen LogP contribution in [0, 0.1) is 0 Å². The average molecular weight is 444 g/mol. The number of aromatic nitrogens is 1. The van der Waals surface area contributed by atoms with Gasteiger partial charge in [-0.05, 0) is 35.8 Å². The van der Waals surface area contributed by atoms with E-state index < -0.39 is 11.9 Å². The molecule has 0 bridgehead atoms. The van der Waals surface area contributed by atoms with Gasteiger partial charge in [-0.3, -0.25) is 9.59 Å². The van der Waals surface area contributed by atoms with E-state index in [2.05, 4.69) is 9.69 Å². The maximum atomic E-state index is 13.4. The van der Waals surface area contributed by atoms with E-state index in [0.29, 0.717) is 22.4 Å². The molecule has 0 aliphatic heterocycles. The molecule has 0 saturated heterocycles. The summed E-state index contributed by atoms with van der Waals surface area (Å²) in [4.78, 5) is 38.8. The molecule has 1 aliphatic carbocycles. The number of nitrogens with zero attached hydrogens (tertiary/aromatic N) is 1. The molecule has 1 heterocycles. The Hall–Kier alpha value is -3.88. The molecular formula is C24H16N2O5S. The van der Waals surface area contributed by atoms with Crippen LogP contribution in [0.1, 0.15) is 36.6 Å². The summed E-state index contributed by atoms with van der Waals surface area (Å²) >= 11 is 1.33. The van der Waals surface area contributed by atoms with Crippen LogP contribution in [0.4, 0.5) is 5.69 Å². The SMILES string of the molecule is O=C(Nc1cccc2c1C(=O)c1cccc3snc-2c13)c1ccccc1C(=O)OCCO. The van der Waals surface area contributed by atoms with E-state index in [4.69, 9.17) is 9.84 Å². The summed E-state index contributed by atoms with van der Waals surface area (Å²) in [5.41, 5.74) is 2.81. The standard InChI is InChI=1S/C24H16N2O5S/c27-11-12-31-24(30)14-6-2-1-5-13(14)23(29)25-17-9-3-7-15-19(17)22(28)16-8-4-10-18-20(16)21(15)26-32-18/h1-10,27H,11-12H2,(H,25,29). The molecule has 158 valence electrons. The molecule has 7 nitrogen and oxygen atoms in total. The first kappa shape index (κ1) is 20.0. The van der Waals surface area contributed by atoms with Crippen molar-refractivity contribution in [1.29, 1.82) is 0 Å². The van der Waals surface area contributed by atoms with Crippen LogP contribution in [0.25, 0.3) is 21.3 Å². The van der Waals surface area contributed by atoms with Crippen LogP contribution < -0.4 is 5.32 Å². The van der Waals surface area contributed by atoms with E-state index in [1.54, 1.807) is 30.3 Å². The fourth-order valence-corrected chi connectivity index (χ4v) is 4.68. The topological polar surface area (TPSA) is 106 Å². The molecule has 1 amide bonds. The Bertz CT molecular complexity index is 1410. The zero-order valence-corrected chi connectivity index (χ0v) is 17.4. The van der Waals surface area contributed by atoms with Crippen molar-refractivity contribution in [2.75, 3.05) is 18.5 Å². The lowest BCUT2D eigenvalue weighted by atomic mass is 9.86. The number of fused-ring (bicyclic) bond motifs is 2. The van der Waals surface area contributed by atoms with Crippen LogP contribution in [-0.2, 0) is 4.74 Å². The second kappa shape index (κ2) is 7.99. The monoisotopic (exact) mass is 444 g/mol. The predicted molar refractivity (Wildman–Crippen MR) is 120 cm³/mol. The van der Waals surface area contributed by atoms with Crippen molar-refractivity contribution in [1.82, 2.24) is 4.37 Å². The molecule has 5 rings (SSSR count). The molecule has 8 heteroatoms. The van der Waals surface area contributed by atoms with Gasteiger partial charge in [-0.2, -0.15) is 4.37 Å². The fourth-order valence-electron chi connectivity index (χ4n) is 3.86. The molecule has 0 spiro atoms. The van der Waals surface area contributed by atoms with E-state index >= 15 is 0 Å². The van der Waals surface area contributed by atoms with Crippen molar-refractivity contribution in [2.24, 2.45) is 0 Å². The van der Waals surface area contributed by atoms with Crippen molar-refractivity contribution >= 4 is 45.0 Å². The Kier molecular flexibility index (Phi) is 5.01. The van der Waals surface area contributed by atoms with Gasteiger partial charge in [-0.15, -0.1) is 0 Å². The number of ketones is 1. The molecule has 1 aliphatic rings. The number of rotatable bonds is 5. The molecule has 0 unspecified atom stereocenters. The Morgan fingerprint density at radius 1 is 0.969 bits per heavy atom. The summed E-state index contributed by atoms with van der Waals surface area (Å²) in [5.74, 6) is -1.45. The van der Waals surface area contributed by atoms with Gasteiger partial charge in [0.25, 0.3) is 5.91 Å². The minimum atomic E-state index is -0.713. The minimum absolute atomic E-state index is 0.0705. The number of benzene rings is 3. The minimum Gasteiger partial charge on any atom is -0.460 e. The predicted octanol–water partition coefficient (Wildman–Crippen LogP) is 3.91. The molecule has 2 N–H and O–H groups in total. The van der Waals surface area contributed by atoms with Gasteiger partial charge in [0.15, 0.2) is 5.78 Å². The van der Waals surface area contributed by atoms with Crippen LogP contribution in [0.5, 0.6) is 0 Å². The number of nitrogens with one attached hydrogen (secondary N) is 1. The third-order valence-corrected chi connectivity index (χ3v) is 6.06. The number of hydrogen-bond acceptors (Lipinski definition) is 7. The van der Waals surface area contributed by atoms with Gasteiger partial charge >= 0.3 is 5.97 Å². The highest BCUT2D eigenvalue weighted by atomic mass is 32.1. The van der Waals surface area contributed by atoms with E-state index in [1.807, 2.05) is 18.2 Å². The quantitative estimate of drug-likeness (QED) is 0.398. The molecule has 1 aromatic heterocycles. The first-order chi connectivity index (χ1) is 15.6. The summed E-state index contributed by atoms with van der Waals surface area (Å²) in [6.45, 7) is -0.485. The van der Waals surface area contributed by atoms with E-state index in [1.165, 1.54) is 23.7 Å². The van der Waals surface area contributed by atoms with Gasteiger partial charge in [0.05, 0.1) is 39.4 Å². The molecule has 3 aromatic carbocycles. The van der Waals surface area contributed by atoms with Crippen molar-refractivity contribution in [2.45, 2.75) is 0 Å². The Morgan fingerprint density at radius 3 is 2.53 bits per heavy atom. The zero-order valence-electron chi connectivity index (χ0n) is 16.6. The van der Waals surface area contributed by atoms with Gasteiger partial charge in [0, 0.05) is 16.5 Å². The summed E-state index contributed by atoms with van der Waals surface area (Å²) < 4.78 is 10.4. The van der Waals surface area contributed by atoms with Crippen LogP contribution >= 0.6 is 11.5 Å². The largest absolute Gasteiger partial charge is 0.460 e. The van der Waals surface area contributed by atoms with Gasteiger partial charge in [-0.25, -0.2) is 4.79 Å². The molecule has 0 fully saturated rings.